The molecule has 0 saturated carbocycles. The number of hydrogen-bond acceptors (Lipinski definition) is 4. The molecule has 2 aromatic heterocycles. The number of nitrogens with zero attached hydrogens (tertiary/aromatic N) is 2. The first kappa shape index (κ1) is 17.8. The first-order valence-corrected chi connectivity index (χ1v) is 8.08. The van der Waals surface area contributed by atoms with Crippen molar-refractivity contribution >= 4 is 10.9 Å². The molecule has 0 bridgehead atoms. The fourth-order valence-corrected chi connectivity index (χ4v) is 2.80. The van der Waals surface area contributed by atoms with Gasteiger partial charge in [-0.1, -0.05) is 6.07 Å². The van der Waals surface area contributed by atoms with Gasteiger partial charge >= 0.3 is 12.3 Å². The number of aryl methyl sites for hydroxylation is 2. The molecular weight excluding hydrogens is 344 g/mol. The number of aromatic amines is 1. The maximum Gasteiger partial charge on any atom is 0.387 e. The number of halogens is 2. The normalized spacial score (nSPS) is 11.2. The quantitative estimate of drug-likeness (QED) is 0.732. The van der Waals surface area contributed by atoms with Crippen molar-refractivity contribution < 1.29 is 13.5 Å². The molecule has 0 radical (unpaired) electrons. The van der Waals surface area contributed by atoms with Crippen LogP contribution in [0.15, 0.2) is 46.1 Å². The second-order valence-corrected chi connectivity index (χ2v) is 5.84. The van der Waals surface area contributed by atoms with Crippen LogP contribution in [0.5, 0.6) is 5.75 Å². The van der Waals surface area contributed by atoms with Gasteiger partial charge in [-0.15, -0.1) is 0 Å². The maximum atomic E-state index is 12.5. The Bertz CT molecular complexity index is 1040. The Morgan fingerprint density at radius 2 is 2.08 bits per heavy atom. The molecule has 1 aromatic carbocycles. The van der Waals surface area contributed by atoms with E-state index in [0.29, 0.717) is 12.8 Å². The van der Waals surface area contributed by atoms with E-state index in [0.717, 1.165) is 15.8 Å². The van der Waals surface area contributed by atoms with Gasteiger partial charge in [0.25, 0.3) is 5.56 Å². The lowest BCUT2D eigenvalue weighted by Crippen LogP contribution is -2.35. The molecule has 26 heavy (non-hydrogen) atoms. The molecule has 6 nitrogen and oxygen atoms in total. The van der Waals surface area contributed by atoms with Gasteiger partial charge in [0, 0.05) is 24.5 Å². The molecule has 0 saturated heterocycles. The lowest BCUT2D eigenvalue weighted by atomic mass is 10.1. The average Bonchev–Trinajstić information content (AvgIpc) is 2.58. The molecule has 0 unspecified atom stereocenters. The van der Waals surface area contributed by atoms with Crippen LogP contribution in [0.1, 0.15) is 17.7 Å². The van der Waals surface area contributed by atoms with Gasteiger partial charge in [0.1, 0.15) is 5.75 Å². The summed E-state index contributed by atoms with van der Waals surface area (Å²) < 4.78 is 30.0. The van der Waals surface area contributed by atoms with Gasteiger partial charge in [0.05, 0.1) is 10.9 Å². The van der Waals surface area contributed by atoms with E-state index in [1.54, 1.807) is 6.20 Å². The summed E-state index contributed by atoms with van der Waals surface area (Å²) in [5.74, 6) is -0.120. The van der Waals surface area contributed by atoms with Gasteiger partial charge in [-0.25, -0.2) is 4.79 Å². The van der Waals surface area contributed by atoms with Crippen molar-refractivity contribution in [1.82, 2.24) is 14.5 Å². The summed E-state index contributed by atoms with van der Waals surface area (Å²) in [6.07, 6.45) is 2.91. The smallest absolute Gasteiger partial charge is 0.387 e. The average molecular weight is 361 g/mol. The number of aromatic nitrogens is 3. The number of alkyl halides is 2. The molecule has 8 heteroatoms. The zero-order valence-corrected chi connectivity index (χ0v) is 14.0. The van der Waals surface area contributed by atoms with Gasteiger partial charge in [-0.2, -0.15) is 8.78 Å². The minimum absolute atomic E-state index is 0.120. The Kier molecular flexibility index (Phi) is 5.11. The van der Waals surface area contributed by atoms with Crippen molar-refractivity contribution in [2.45, 2.75) is 32.9 Å². The SMILES string of the molecule is Cc1cccnc1CCCn1c(=O)[nH]c2cc(OC(F)F)ccc2c1=O. The van der Waals surface area contributed by atoms with Crippen molar-refractivity contribution in [3.63, 3.8) is 0 Å². The first-order valence-electron chi connectivity index (χ1n) is 8.08. The molecule has 3 aromatic rings. The Balaban J connectivity index is 1.84. The zero-order chi connectivity index (χ0) is 18.7. The van der Waals surface area contributed by atoms with E-state index in [2.05, 4.69) is 14.7 Å². The summed E-state index contributed by atoms with van der Waals surface area (Å²) in [6.45, 7) is -0.791. The number of benzene rings is 1. The molecule has 0 spiro atoms. The lowest BCUT2D eigenvalue weighted by Gasteiger charge is -2.09. The van der Waals surface area contributed by atoms with Crippen LogP contribution in [0.2, 0.25) is 0 Å². The Morgan fingerprint density at radius 1 is 1.27 bits per heavy atom. The standard InChI is InChI=1S/C18H17F2N3O3/c1-11-4-2-8-21-14(11)5-3-9-23-16(24)13-7-6-12(26-17(19)20)10-15(13)22-18(23)25/h2,4,6-8,10,17H,3,5,9H2,1H3,(H,22,25). The summed E-state index contributed by atoms with van der Waals surface area (Å²) in [4.78, 5) is 31.6. The van der Waals surface area contributed by atoms with Crippen LogP contribution in [0, 0.1) is 6.92 Å². The van der Waals surface area contributed by atoms with Crippen LogP contribution < -0.4 is 16.0 Å². The minimum atomic E-state index is -2.98. The molecule has 0 atom stereocenters. The Morgan fingerprint density at radius 3 is 2.81 bits per heavy atom. The highest BCUT2D eigenvalue weighted by Gasteiger charge is 2.11. The summed E-state index contributed by atoms with van der Waals surface area (Å²) >= 11 is 0. The highest BCUT2D eigenvalue weighted by molar-refractivity contribution is 5.78. The van der Waals surface area contributed by atoms with Gasteiger partial charge in [0.15, 0.2) is 0 Å². The highest BCUT2D eigenvalue weighted by atomic mass is 19.3. The molecule has 0 aliphatic rings. The van der Waals surface area contributed by atoms with Crippen molar-refractivity contribution in [1.29, 1.82) is 0 Å². The number of H-pyrrole nitrogens is 1. The first-order chi connectivity index (χ1) is 12.5. The number of rotatable bonds is 6. The minimum Gasteiger partial charge on any atom is -0.435 e. The fourth-order valence-electron chi connectivity index (χ4n) is 2.80. The molecule has 3 rings (SSSR count). The molecule has 1 N–H and O–H groups in total. The molecule has 136 valence electrons. The van der Waals surface area contributed by atoms with Crippen molar-refractivity contribution in [3.05, 3.63) is 68.6 Å². The lowest BCUT2D eigenvalue weighted by molar-refractivity contribution is -0.0497. The summed E-state index contributed by atoms with van der Waals surface area (Å²) in [5, 5.41) is 0.236. The zero-order valence-electron chi connectivity index (χ0n) is 14.0. The third-order valence-electron chi connectivity index (χ3n) is 4.09. The van der Waals surface area contributed by atoms with Crippen LogP contribution in [0.25, 0.3) is 10.9 Å². The van der Waals surface area contributed by atoms with Crippen LogP contribution in [-0.2, 0) is 13.0 Å². The monoisotopic (exact) mass is 361 g/mol. The van der Waals surface area contributed by atoms with Crippen LogP contribution in [0.3, 0.4) is 0 Å². The van der Waals surface area contributed by atoms with Crippen molar-refractivity contribution in [2.75, 3.05) is 0 Å². The van der Waals surface area contributed by atoms with Gasteiger partial charge < -0.3 is 9.72 Å². The molecule has 0 aliphatic carbocycles. The van der Waals surface area contributed by atoms with Crippen LogP contribution in [0.4, 0.5) is 8.78 Å². The van der Waals surface area contributed by atoms with E-state index < -0.39 is 17.9 Å². The predicted molar refractivity (Wildman–Crippen MR) is 92.8 cm³/mol. The topological polar surface area (TPSA) is 77.0 Å². The highest BCUT2D eigenvalue weighted by Crippen LogP contribution is 2.18. The van der Waals surface area contributed by atoms with E-state index in [-0.39, 0.29) is 23.2 Å². The third kappa shape index (κ3) is 3.79. The van der Waals surface area contributed by atoms with E-state index >= 15 is 0 Å². The fraction of sp³-hybridized carbons (Fsp3) is 0.278. The predicted octanol–water partition coefficient (Wildman–Crippen LogP) is 2.63. The number of hydrogen-bond donors (Lipinski definition) is 1. The third-order valence-corrected chi connectivity index (χ3v) is 4.09. The number of fused-ring (bicyclic) bond motifs is 1. The number of pyridine rings is 1. The molecule has 0 aliphatic heterocycles. The van der Waals surface area contributed by atoms with Gasteiger partial charge in [0.2, 0.25) is 0 Å². The number of ether oxygens (including phenoxy) is 1. The second-order valence-electron chi connectivity index (χ2n) is 5.84. The summed E-state index contributed by atoms with van der Waals surface area (Å²) in [7, 11) is 0. The molecule has 0 fully saturated rings. The van der Waals surface area contributed by atoms with E-state index in [1.165, 1.54) is 18.2 Å². The van der Waals surface area contributed by atoms with Crippen molar-refractivity contribution in [3.8, 4) is 5.75 Å². The van der Waals surface area contributed by atoms with Crippen LogP contribution >= 0.6 is 0 Å². The second kappa shape index (κ2) is 7.47. The number of nitrogens with one attached hydrogen (secondary N) is 1. The Labute approximate surface area is 147 Å². The van der Waals surface area contributed by atoms with E-state index in [9.17, 15) is 18.4 Å². The maximum absolute atomic E-state index is 12.5. The largest absolute Gasteiger partial charge is 0.435 e. The van der Waals surface area contributed by atoms with Crippen LogP contribution in [-0.4, -0.2) is 21.1 Å². The molecule has 2 heterocycles. The molecule has 0 amide bonds. The van der Waals surface area contributed by atoms with E-state index in [4.69, 9.17) is 0 Å². The summed E-state index contributed by atoms with van der Waals surface area (Å²) in [5.41, 5.74) is 1.08. The Hall–Kier alpha value is -3.03. The molecular formula is C18H17F2N3O3. The van der Waals surface area contributed by atoms with Gasteiger partial charge in [-0.3, -0.25) is 14.3 Å². The van der Waals surface area contributed by atoms with E-state index in [1.807, 2.05) is 19.1 Å². The summed E-state index contributed by atoms with van der Waals surface area (Å²) in [6, 6.07) is 7.66. The van der Waals surface area contributed by atoms with Crippen molar-refractivity contribution in [2.24, 2.45) is 0 Å². The van der Waals surface area contributed by atoms with Gasteiger partial charge in [-0.05, 0) is 43.5 Å².